The number of nitrogens with one attached hydrogen (secondary N) is 1. The van der Waals surface area contributed by atoms with Crippen molar-refractivity contribution >= 4 is 16.5 Å². The first-order chi connectivity index (χ1) is 10.1. The maximum Gasteiger partial charge on any atom is 0.185 e. The second-order valence-electron chi connectivity index (χ2n) is 6.33. The van der Waals surface area contributed by atoms with Crippen LogP contribution in [0.15, 0.2) is 0 Å². The molecule has 2 heterocycles. The molecule has 1 aromatic heterocycles. The van der Waals surface area contributed by atoms with E-state index in [-0.39, 0.29) is 0 Å². The van der Waals surface area contributed by atoms with Crippen LogP contribution in [0.3, 0.4) is 0 Å². The number of hydrogen-bond donors (Lipinski definition) is 1. The van der Waals surface area contributed by atoms with Crippen LogP contribution in [0, 0.1) is 0 Å². The fourth-order valence-electron chi connectivity index (χ4n) is 2.93. The number of piperidine rings is 1. The van der Waals surface area contributed by atoms with Crippen molar-refractivity contribution < 1.29 is 0 Å². The molecule has 0 radical (unpaired) electrons. The van der Waals surface area contributed by atoms with Crippen molar-refractivity contribution in [3.05, 3.63) is 10.6 Å². The smallest absolute Gasteiger partial charge is 0.185 e. The van der Waals surface area contributed by atoms with Crippen molar-refractivity contribution in [2.24, 2.45) is 0 Å². The van der Waals surface area contributed by atoms with Crippen molar-refractivity contribution in [3.63, 3.8) is 0 Å². The molecule has 2 rings (SSSR count). The Morgan fingerprint density at radius 2 is 2.05 bits per heavy atom. The van der Waals surface area contributed by atoms with Crippen LogP contribution in [-0.2, 0) is 6.54 Å². The average molecular weight is 311 g/mol. The largest absolute Gasteiger partial charge is 0.348 e. The van der Waals surface area contributed by atoms with Crippen LogP contribution in [0.1, 0.15) is 49.6 Å². The van der Waals surface area contributed by atoms with Crippen molar-refractivity contribution in [1.29, 1.82) is 0 Å². The molecule has 21 heavy (non-hydrogen) atoms. The molecule has 1 aliphatic heterocycles. The van der Waals surface area contributed by atoms with Gasteiger partial charge in [0.1, 0.15) is 0 Å². The average Bonchev–Trinajstić information content (AvgIpc) is 2.91. The quantitative estimate of drug-likeness (QED) is 0.875. The highest BCUT2D eigenvalue weighted by Gasteiger charge is 2.24. The Hall–Kier alpha value is -0.650. The van der Waals surface area contributed by atoms with Crippen LogP contribution in [-0.4, -0.2) is 50.2 Å². The zero-order valence-electron chi connectivity index (χ0n) is 14.1. The van der Waals surface area contributed by atoms with Crippen LogP contribution < -0.4 is 10.2 Å². The van der Waals surface area contributed by atoms with Crippen LogP contribution >= 0.6 is 11.3 Å². The number of aromatic nitrogens is 1. The van der Waals surface area contributed by atoms with Gasteiger partial charge in [-0.15, -0.1) is 11.3 Å². The molecule has 0 aliphatic carbocycles. The van der Waals surface area contributed by atoms with Gasteiger partial charge in [0.25, 0.3) is 0 Å². The lowest BCUT2D eigenvalue weighted by atomic mass is 10.0. The zero-order valence-corrected chi connectivity index (χ0v) is 15.0. The Bertz CT molecular complexity index is 435. The minimum absolute atomic E-state index is 0.553. The maximum atomic E-state index is 4.98. The molecule has 1 fully saturated rings. The van der Waals surface area contributed by atoms with Crippen molar-refractivity contribution in [3.8, 4) is 0 Å². The molecular formula is C16H30N4S. The van der Waals surface area contributed by atoms with E-state index in [1.807, 2.05) is 18.4 Å². The minimum atomic E-state index is 0.553. The Kier molecular flexibility index (Phi) is 6.02. The first kappa shape index (κ1) is 16.7. The summed E-state index contributed by atoms with van der Waals surface area (Å²) in [4.78, 5) is 11.2. The van der Waals surface area contributed by atoms with Crippen LogP contribution in [0.25, 0.3) is 0 Å². The van der Waals surface area contributed by atoms with E-state index in [0.717, 1.165) is 32.1 Å². The van der Waals surface area contributed by atoms with E-state index in [1.54, 1.807) is 0 Å². The van der Waals surface area contributed by atoms with Crippen LogP contribution in [0.5, 0.6) is 0 Å². The Morgan fingerprint density at radius 3 is 2.57 bits per heavy atom. The highest BCUT2D eigenvalue weighted by Crippen LogP contribution is 2.33. The van der Waals surface area contributed by atoms with Gasteiger partial charge < -0.3 is 15.1 Å². The van der Waals surface area contributed by atoms with Crippen molar-refractivity contribution in [1.82, 2.24) is 15.2 Å². The Balaban J connectivity index is 2.10. The number of hydrogen-bond acceptors (Lipinski definition) is 5. The minimum Gasteiger partial charge on any atom is -0.348 e. The molecule has 1 atom stereocenters. The molecule has 1 aromatic rings. The van der Waals surface area contributed by atoms with E-state index in [9.17, 15) is 0 Å². The molecule has 0 saturated carbocycles. The highest BCUT2D eigenvalue weighted by molar-refractivity contribution is 7.15. The molecule has 0 aromatic carbocycles. The molecular weight excluding hydrogens is 280 g/mol. The summed E-state index contributed by atoms with van der Waals surface area (Å²) in [6.45, 7) is 7.74. The van der Waals surface area contributed by atoms with E-state index in [2.05, 4.69) is 43.1 Å². The monoisotopic (exact) mass is 310 g/mol. The molecule has 1 unspecified atom stereocenters. The lowest BCUT2D eigenvalue weighted by molar-refractivity contribution is 0.249. The topological polar surface area (TPSA) is 31.4 Å². The summed E-state index contributed by atoms with van der Waals surface area (Å²) in [6, 6.07) is 0.729. The molecule has 120 valence electrons. The first-order valence-electron chi connectivity index (χ1n) is 8.12. The maximum absolute atomic E-state index is 4.98. The number of rotatable bonds is 6. The van der Waals surface area contributed by atoms with Gasteiger partial charge in [0.15, 0.2) is 5.13 Å². The van der Waals surface area contributed by atoms with E-state index in [1.165, 1.54) is 28.5 Å². The van der Waals surface area contributed by atoms with Crippen molar-refractivity contribution in [2.75, 3.05) is 39.1 Å². The molecule has 0 amide bonds. The molecule has 4 nitrogen and oxygen atoms in total. The lowest BCUT2D eigenvalue weighted by Crippen LogP contribution is -2.41. The molecule has 0 bridgehead atoms. The fourth-order valence-corrected chi connectivity index (χ4v) is 4.17. The number of thiazole rings is 1. The summed E-state index contributed by atoms with van der Waals surface area (Å²) in [5.74, 6) is 0.553. The van der Waals surface area contributed by atoms with E-state index >= 15 is 0 Å². The van der Waals surface area contributed by atoms with Gasteiger partial charge in [-0.25, -0.2) is 4.98 Å². The Morgan fingerprint density at radius 1 is 1.38 bits per heavy atom. The van der Waals surface area contributed by atoms with Crippen LogP contribution in [0.2, 0.25) is 0 Å². The van der Waals surface area contributed by atoms with Gasteiger partial charge in [0, 0.05) is 30.6 Å². The van der Waals surface area contributed by atoms with Crippen LogP contribution in [0.4, 0.5) is 5.13 Å². The summed E-state index contributed by atoms with van der Waals surface area (Å²) in [5, 5.41) is 4.52. The summed E-state index contributed by atoms with van der Waals surface area (Å²) < 4.78 is 0. The lowest BCUT2D eigenvalue weighted by Gasteiger charge is -2.35. The van der Waals surface area contributed by atoms with Gasteiger partial charge in [-0.1, -0.05) is 13.8 Å². The van der Waals surface area contributed by atoms with Gasteiger partial charge >= 0.3 is 0 Å². The molecule has 0 spiro atoms. The predicted molar refractivity (Wildman–Crippen MR) is 92.5 cm³/mol. The third-order valence-electron chi connectivity index (χ3n) is 4.60. The molecule has 5 heteroatoms. The zero-order chi connectivity index (χ0) is 15.4. The standard InChI is InChI=1S/C16H30N4S/c1-6-12(2)15-14(11-17-3)21-16(18-15)20-9-7-13(8-10-20)19(4)5/h12-13,17H,6-11H2,1-5H3. The highest BCUT2D eigenvalue weighted by atomic mass is 32.1. The van der Waals surface area contributed by atoms with Gasteiger partial charge in [-0.05, 0) is 46.3 Å². The fraction of sp³-hybridized carbons (Fsp3) is 0.812. The summed E-state index contributed by atoms with van der Waals surface area (Å²) in [6.07, 6.45) is 3.64. The normalized spacial score (nSPS) is 18.5. The number of anilines is 1. The molecule has 1 aliphatic rings. The SMILES string of the molecule is CCC(C)c1nc(N2CCC(N(C)C)CC2)sc1CNC. The van der Waals surface area contributed by atoms with Crippen molar-refractivity contribution in [2.45, 2.75) is 51.6 Å². The second-order valence-corrected chi connectivity index (χ2v) is 7.39. The van der Waals surface area contributed by atoms with E-state index in [0.29, 0.717) is 5.92 Å². The molecule has 1 N–H and O–H groups in total. The molecule has 1 saturated heterocycles. The van der Waals surface area contributed by atoms with E-state index in [4.69, 9.17) is 4.98 Å². The van der Waals surface area contributed by atoms with Gasteiger partial charge in [-0.2, -0.15) is 0 Å². The Labute approximate surface area is 133 Å². The van der Waals surface area contributed by atoms with Gasteiger partial charge in [0.2, 0.25) is 0 Å². The second kappa shape index (κ2) is 7.56. The van der Waals surface area contributed by atoms with Gasteiger partial charge in [-0.3, -0.25) is 0 Å². The van der Waals surface area contributed by atoms with E-state index < -0.39 is 0 Å². The summed E-state index contributed by atoms with van der Waals surface area (Å²) in [7, 11) is 6.40. The van der Waals surface area contributed by atoms with Gasteiger partial charge in [0.05, 0.1) is 5.69 Å². The number of nitrogens with zero attached hydrogens (tertiary/aromatic N) is 3. The third-order valence-corrected chi connectivity index (χ3v) is 5.73. The first-order valence-corrected chi connectivity index (χ1v) is 8.94. The summed E-state index contributed by atoms with van der Waals surface area (Å²) in [5.41, 5.74) is 1.31. The third kappa shape index (κ3) is 3.96. The summed E-state index contributed by atoms with van der Waals surface area (Å²) >= 11 is 1.88. The predicted octanol–water partition coefficient (Wildman–Crippen LogP) is 2.91.